The van der Waals surface area contributed by atoms with Crippen LogP contribution in [0.3, 0.4) is 0 Å². The molecule has 0 saturated heterocycles. The Balaban J connectivity index is 1.51. The molecule has 2 fully saturated rings. The standard InChI is InChI=1S/C18H22N4O3/c1-25-16-5-4-11(9-19-16)17(12-6-13(23)7-12)20-18(24)15-8-14(21-22-15)10-2-3-10/h4-5,8-10,12-13,17,23H,2-3,6-7H2,1H3,(H,20,24)(H,21,22)/t12?,13?,17-/m1/s1. The van der Waals surface area contributed by atoms with Gasteiger partial charge in [-0.1, -0.05) is 6.07 Å². The Morgan fingerprint density at radius 1 is 1.40 bits per heavy atom. The van der Waals surface area contributed by atoms with Crippen molar-refractivity contribution in [2.24, 2.45) is 5.92 Å². The minimum atomic E-state index is -0.289. The van der Waals surface area contributed by atoms with E-state index in [1.165, 1.54) is 0 Å². The fourth-order valence-corrected chi connectivity index (χ4v) is 3.34. The molecule has 4 rings (SSSR count). The molecule has 2 saturated carbocycles. The van der Waals surface area contributed by atoms with Crippen LogP contribution in [0.15, 0.2) is 24.4 Å². The van der Waals surface area contributed by atoms with E-state index in [4.69, 9.17) is 4.74 Å². The molecule has 3 N–H and O–H groups in total. The van der Waals surface area contributed by atoms with Crippen LogP contribution in [-0.2, 0) is 0 Å². The smallest absolute Gasteiger partial charge is 0.272 e. The number of aromatic amines is 1. The molecule has 0 aliphatic heterocycles. The lowest BCUT2D eigenvalue weighted by molar-refractivity contribution is 0.0234. The molecule has 0 aromatic carbocycles. The van der Waals surface area contributed by atoms with E-state index >= 15 is 0 Å². The highest BCUT2D eigenvalue weighted by Crippen LogP contribution is 2.40. The summed E-state index contributed by atoms with van der Waals surface area (Å²) in [4.78, 5) is 16.9. The maximum atomic E-state index is 12.6. The van der Waals surface area contributed by atoms with Crippen molar-refractivity contribution in [3.63, 3.8) is 0 Å². The molecule has 132 valence electrons. The van der Waals surface area contributed by atoms with Crippen LogP contribution in [0, 0.1) is 5.92 Å². The molecular weight excluding hydrogens is 320 g/mol. The fourth-order valence-electron chi connectivity index (χ4n) is 3.34. The van der Waals surface area contributed by atoms with Gasteiger partial charge in [0.05, 0.1) is 19.3 Å². The van der Waals surface area contributed by atoms with Gasteiger partial charge in [-0.15, -0.1) is 0 Å². The molecule has 0 unspecified atom stereocenters. The van der Waals surface area contributed by atoms with Gasteiger partial charge >= 0.3 is 0 Å². The van der Waals surface area contributed by atoms with Crippen molar-refractivity contribution in [1.29, 1.82) is 0 Å². The number of hydrogen-bond acceptors (Lipinski definition) is 5. The molecule has 1 atom stereocenters. The van der Waals surface area contributed by atoms with Gasteiger partial charge < -0.3 is 15.2 Å². The second-order valence-electron chi connectivity index (χ2n) is 6.95. The molecule has 0 radical (unpaired) electrons. The Bertz CT molecular complexity index is 748. The van der Waals surface area contributed by atoms with Crippen LogP contribution in [0.25, 0.3) is 0 Å². The van der Waals surface area contributed by atoms with Gasteiger partial charge in [-0.2, -0.15) is 5.10 Å². The normalized spacial score (nSPS) is 23.6. The van der Waals surface area contributed by atoms with E-state index in [0.717, 1.165) is 24.1 Å². The lowest BCUT2D eigenvalue weighted by Gasteiger charge is -2.38. The second kappa shape index (κ2) is 6.48. The van der Waals surface area contributed by atoms with Crippen molar-refractivity contribution in [2.75, 3.05) is 7.11 Å². The van der Waals surface area contributed by atoms with Gasteiger partial charge in [-0.05, 0) is 43.2 Å². The summed E-state index contributed by atoms with van der Waals surface area (Å²) in [6, 6.07) is 5.33. The second-order valence-corrected chi connectivity index (χ2v) is 6.95. The van der Waals surface area contributed by atoms with Crippen molar-refractivity contribution in [3.05, 3.63) is 41.3 Å². The molecule has 2 aliphatic rings. The highest BCUT2D eigenvalue weighted by Gasteiger charge is 2.36. The molecular formula is C18H22N4O3. The van der Waals surface area contributed by atoms with Crippen LogP contribution in [0.4, 0.5) is 0 Å². The molecule has 7 nitrogen and oxygen atoms in total. The molecule has 2 aromatic rings. The number of nitrogens with zero attached hydrogens (tertiary/aromatic N) is 2. The van der Waals surface area contributed by atoms with E-state index in [0.29, 0.717) is 30.3 Å². The van der Waals surface area contributed by atoms with E-state index in [-0.39, 0.29) is 24.0 Å². The first-order chi connectivity index (χ1) is 12.1. The largest absolute Gasteiger partial charge is 0.481 e. The van der Waals surface area contributed by atoms with Crippen molar-refractivity contribution >= 4 is 5.91 Å². The average Bonchev–Trinajstić information content (AvgIpc) is 3.34. The van der Waals surface area contributed by atoms with Crippen molar-refractivity contribution in [2.45, 2.75) is 43.7 Å². The summed E-state index contributed by atoms with van der Waals surface area (Å²) in [7, 11) is 1.57. The van der Waals surface area contributed by atoms with Crippen molar-refractivity contribution in [1.82, 2.24) is 20.5 Å². The summed E-state index contributed by atoms with van der Waals surface area (Å²) in [6.45, 7) is 0. The summed E-state index contributed by atoms with van der Waals surface area (Å²) in [5.74, 6) is 1.04. The van der Waals surface area contributed by atoms with Crippen molar-refractivity contribution < 1.29 is 14.6 Å². The van der Waals surface area contributed by atoms with Gasteiger partial charge in [-0.25, -0.2) is 4.98 Å². The van der Waals surface area contributed by atoms with E-state index < -0.39 is 0 Å². The SMILES string of the molecule is COc1ccc([C@@H](NC(=O)c2cc(C3CC3)[nH]n2)C2CC(O)C2)cn1. The minimum Gasteiger partial charge on any atom is -0.481 e. The number of amides is 1. The molecule has 2 heterocycles. The molecule has 0 bridgehead atoms. The van der Waals surface area contributed by atoms with Crippen LogP contribution in [0.2, 0.25) is 0 Å². The lowest BCUT2D eigenvalue weighted by atomic mass is 9.75. The summed E-state index contributed by atoms with van der Waals surface area (Å²) in [5.41, 5.74) is 2.35. The number of carbonyl (C=O) groups excluding carboxylic acids is 1. The first-order valence-electron chi connectivity index (χ1n) is 8.68. The number of hydrogen-bond donors (Lipinski definition) is 3. The van der Waals surface area contributed by atoms with E-state index in [2.05, 4.69) is 20.5 Å². The minimum absolute atomic E-state index is 0.191. The fraction of sp³-hybridized carbons (Fsp3) is 0.500. The number of carbonyl (C=O) groups is 1. The van der Waals surface area contributed by atoms with Gasteiger partial charge in [0.15, 0.2) is 0 Å². The maximum absolute atomic E-state index is 12.6. The Kier molecular flexibility index (Phi) is 4.17. The third-order valence-electron chi connectivity index (χ3n) is 5.08. The third-order valence-corrected chi connectivity index (χ3v) is 5.08. The van der Waals surface area contributed by atoms with Crippen LogP contribution in [0.5, 0.6) is 5.88 Å². The number of rotatable bonds is 6. The number of nitrogens with one attached hydrogen (secondary N) is 2. The topological polar surface area (TPSA) is 100 Å². The number of aliphatic hydroxyl groups excluding tert-OH is 1. The van der Waals surface area contributed by atoms with E-state index in [9.17, 15) is 9.90 Å². The highest BCUT2D eigenvalue weighted by atomic mass is 16.5. The van der Waals surface area contributed by atoms with Crippen LogP contribution < -0.4 is 10.1 Å². The van der Waals surface area contributed by atoms with Crippen LogP contribution in [0.1, 0.15) is 59.4 Å². The van der Waals surface area contributed by atoms with Crippen molar-refractivity contribution in [3.8, 4) is 5.88 Å². The number of ether oxygens (including phenoxy) is 1. The number of methoxy groups -OCH3 is 1. The summed E-state index contributed by atoms with van der Waals surface area (Å²) in [5, 5.41) is 19.8. The summed E-state index contributed by atoms with van der Waals surface area (Å²) in [6.07, 6.45) is 5.08. The first kappa shape index (κ1) is 16.1. The monoisotopic (exact) mass is 342 g/mol. The van der Waals surface area contributed by atoms with Gasteiger partial charge in [0.1, 0.15) is 5.69 Å². The first-order valence-corrected chi connectivity index (χ1v) is 8.68. The molecule has 1 amide bonds. The van der Waals surface area contributed by atoms with Gasteiger partial charge in [-0.3, -0.25) is 9.89 Å². The predicted molar refractivity (Wildman–Crippen MR) is 90.3 cm³/mol. The summed E-state index contributed by atoms with van der Waals surface area (Å²) >= 11 is 0. The number of aliphatic hydroxyl groups is 1. The quantitative estimate of drug-likeness (QED) is 0.745. The van der Waals surface area contributed by atoms with Gasteiger partial charge in [0, 0.05) is 23.9 Å². The predicted octanol–water partition coefficient (Wildman–Crippen LogP) is 1.93. The van der Waals surface area contributed by atoms with E-state index in [1.54, 1.807) is 19.4 Å². The Labute approximate surface area is 145 Å². The third kappa shape index (κ3) is 3.37. The number of pyridine rings is 1. The molecule has 0 spiro atoms. The van der Waals surface area contributed by atoms with Crippen LogP contribution >= 0.6 is 0 Å². The zero-order valence-electron chi connectivity index (χ0n) is 14.1. The maximum Gasteiger partial charge on any atom is 0.272 e. The molecule has 2 aromatic heterocycles. The Hall–Kier alpha value is -2.41. The Morgan fingerprint density at radius 2 is 2.20 bits per heavy atom. The number of aromatic nitrogens is 3. The number of H-pyrrole nitrogens is 1. The average molecular weight is 342 g/mol. The molecule has 2 aliphatic carbocycles. The lowest BCUT2D eigenvalue weighted by Crippen LogP contribution is -2.41. The van der Waals surface area contributed by atoms with Gasteiger partial charge in [0.25, 0.3) is 5.91 Å². The molecule has 7 heteroatoms. The van der Waals surface area contributed by atoms with E-state index in [1.807, 2.05) is 12.1 Å². The molecule has 25 heavy (non-hydrogen) atoms. The zero-order chi connectivity index (χ0) is 17.4. The highest BCUT2D eigenvalue weighted by molar-refractivity contribution is 5.92. The van der Waals surface area contributed by atoms with Crippen LogP contribution in [-0.4, -0.2) is 39.4 Å². The summed E-state index contributed by atoms with van der Waals surface area (Å²) < 4.78 is 5.10. The zero-order valence-corrected chi connectivity index (χ0v) is 14.1. The Morgan fingerprint density at radius 3 is 2.80 bits per heavy atom. The van der Waals surface area contributed by atoms with Gasteiger partial charge in [0.2, 0.25) is 5.88 Å².